The van der Waals surface area contributed by atoms with E-state index in [2.05, 4.69) is 111 Å². The Morgan fingerprint density at radius 1 is 0.598 bits per heavy atom. The molecule has 4 aromatic carbocycles. The fourth-order valence-corrected chi connectivity index (χ4v) is 37.5. The standard InChI is InChI=1S/C56H69N13O13S2Si3/c1-85(2,34-14-27-59-46(70)26-13-29-65(30-16-32-83(73,74)75)31-17-33-84(76,77)80-58)81-87(82-86(3,4)35-15-28-60-47(71)36-78-37-48(72)79-57)66-49-38-18-5-6-19-39(38)50(66)62-52-42-22-9-10-23-43(42)54(68(52)87)64-56-45-25-12-11-24-44(45)55(69(56)87)63-53-41-21-8-7-20-40(41)51(61-49)67(53)87/h5-12,18-25H,13-17,26-37,57-58H2,1-4H3,(H,59,70)(H,60,71)(H,73,74,75)/p+1. The molecule has 0 saturated carbocycles. The zero-order valence-corrected chi connectivity index (χ0v) is 53.3. The van der Waals surface area contributed by atoms with Crippen LogP contribution in [0.25, 0.3) is 21.5 Å². The second-order valence-electron chi connectivity index (χ2n) is 24.0. The first kappa shape index (κ1) is 60.2. The summed E-state index contributed by atoms with van der Waals surface area (Å²) in [5.74, 6) is 11.2. The van der Waals surface area contributed by atoms with Crippen LogP contribution < -0.4 is 38.3 Å². The van der Waals surface area contributed by atoms with Crippen molar-refractivity contribution in [2.45, 2.75) is 76.8 Å². The van der Waals surface area contributed by atoms with Crippen LogP contribution in [0, 0.1) is 0 Å². The van der Waals surface area contributed by atoms with Crippen LogP contribution >= 0.6 is 0 Å². The van der Waals surface area contributed by atoms with E-state index in [0.29, 0.717) is 103 Å². The number of carbonyl (C=O) groups is 3. The van der Waals surface area contributed by atoms with Crippen molar-refractivity contribution in [2.75, 3.05) is 57.4 Å². The van der Waals surface area contributed by atoms with Crippen LogP contribution in [0.4, 0.5) is 11.6 Å². The Labute approximate surface area is 503 Å². The molecule has 8 N–H and O–H groups in total. The average Bonchev–Trinajstić information content (AvgIpc) is 1.52. The van der Waals surface area contributed by atoms with Gasteiger partial charge < -0.3 is 0 Å². The first-order chi connectivity index (χ1) is 41.5. The Hall–Kier alpha value is -7.12. The molecule has 2 amide bonds. The number of amides is 2. The van der Waals surface area contributed by atoms with Gasteiger partial charge in [-0.15, -0.1) is 0 Å². The molecule has 6 aliphatic rings. The molecule has 8 heterocycles. The Morgan fingerprint density at radius 3 is 1.55 bits per heavy atom. The van der Waals surface area contributed by atoms with Crippen LogP contribution in [0.2, 0.25) is 38.3 Å². The molecule has 1 unspecified atom stereocenters. The van der Waals surface area contributed by atoms with Crippen LogP contribution in [0.15, 0.2) is 117 Å². The quantitative estimate of drug-likeness (QED) is 0.0169. The summed E-state index contributed by atoms with van der Waals surface area (Å²) in [6, 6.07) is 33.6. The van der Waals surface area contributed by atoms with Gasteiger partial charge in [-0.1, -0.05) is 0 Å². The minimum absolute atomic E-state index is 0.139. The van der Waals surface area contributed by atoms with Crippen LogP contribution in [0.3, 0.4) is 0 Å². The van der Waals surface area contributed by atoms with Crippen LogP contribution in [0.5, 0.6) is 0 Å². The average molecular weight is 1280 g/mol. The molecule has 6 aromatic rings. The van der Waals surface area contributed by atoms with E-state index in [9.17, 15) is 39.9 Å². The number of aliphatic imine (C=N–C) groups is 2. The fourth-order valence-electron chi connectivity index (χ4n) is 14.1. The molecule has 0 aliphatic carbocycles. The van der Waals surface area contributed by atoms with Crippen LogP contribution in [-0.2, 0) is 56.7 Å². The minimum atomic E-state index is -7.06. The Bertz CT molecular complexity index is 4280. The number of hydrogen-bond acceptors (Lipinski definition) is 18. The molecular formula is C56H70N13O13S2Si3+. The van der Waals surface area contributed by atoms with E-state index in [1.807, 2.05) is 48.5 Å². The number of nitrogens with zero attached hydrogens (tertiary/aromatic N) is 8. The van der Waals surface area contributed by atoms with Gasteiger partial charge in [0.05, 0.1) is 11.5 Å². The molecule has 31 heteroatoms. The summed E-state index contributed by atoms with van der Waals surface area (Å²) in [5.41, 5.74) is 4.50. The second-order valence-corrected chi connectivity index (χ2v) is 41.6. The number of aromatic nitrogens is 2. The van der Waals surface area contributed by atoms with E-state index in [1.165, 1.54) is 0 Å². The first-order valence-electron chi connectivity index (χ1n) is 29.1. The number of benzene rings is 4. The first-order valence-corrected chi connectivity index (χ1v) is 41.1. The third-order valence-electron chi connectivity index (χ3n) is 17.2. The summed E-state index contributed by atoms with van der Waals surface area (Å²) in [5, 5.41) is 9.43. The third kappa shape index (κ3) is 9.64. The van der Waals surface area contributed by atoms with Gasteiger partial charge in [0.1, 0.15) is 0 Å². The van der Waals surface area contributed by atoms with Gasteiger partial charge in [-0.2, -0.15) is 32.9 Å². The van der Waals surface area contributed by atoms with Gasteiger partial charge in [0.25, 0.3) is 20.2 Å². The summed E-state index contributed by atoms with van der Waals surface area (Å²) >= 11 is 0. The molecule has 0 radical (unpaired) electrons. The van der Waals surface area contributed by atoms with E-state index < -0.39 is 68.9 Å². The molecule has 0 bridgehead atoms. The maximum atomic E-state index is 13.8. The molecule has 26 nitrogen and oxygen atoms in total. The molecular weight excluding hydrogens is 1210 g/mol. The van der Waals surface area contributed by atoms with Crippen molar-refractivity contribution in [3.8, 4) is 0 Å². The number of rotatable bonds is 29. The Balaban J connectivity index is 0.986. The number of ether oxygens (including phenoxy) is 1. The Kier molecular flexibility index (Phi) is 15.1. The number of quaternary nitrogens is 1. The Morgan fingerprint density at radius 2 is 1.06 bits per heavy atom. The normalized spacial score (nSPS) is 17.9. The van der Waals surface area contributed by atoms with Gasteiger partial charge in [0.2, 0.25) is 0 Å². The van der Waals surface area contributed by atoms with Crippen molar-refractivity contribution in [1.82, 2.24) is 19.1 Å². The van der Waals surface area contributed by atoms with Gasteiger partial charge in [-0.25, -0.2) is 0 Å². The van der Waals surface area contributed by atoms with Gasteiger partial charge in [0, 0.05) is 12.8 Å². The topological polar surface area (TPSA) is 332 Å². The number of fused-ring (bicyclic) bond motifs is 12. The zero-order chi connectivity index (χ0) is 61.4. The molecule has 1 atom stereocenters. The molecule has 2 aromatic heterocycles. The molecule has 0 fully saturated rings. The predicted molar refractivity (Wildman–Crippen MR) is 329 cm³/mol. The second kappa shape index (κ2) is 21.9. The molecule has 460 valence electrons. The summed E-state index contributed by atoms with van der Waals surface area (Å²) in [7, 11) is -22.0. The number of amidine groups is 4. The van der Waals surface area contributed by atoms with Gasteiger partial charge in [-0.3, -0.25) is 4.55 Å². The van der Waals surface area contributed by atoms with E-state index in [4.69, 9.17) is 40.6 Å². The summed E-state index contributed by atoms with van der Waals surface area (Å²) < 4.78 is 93.1. The summed E-state index contributed by atoms with van der Waals surface area (Å²) in [4.78, 5) is 66.8. The predicted octanol–water partition coefficient (Wildman–Crippen LogP) is 1.77. The third-order valence-corrected chi connectivity index (χ3v) is 35.8. The van der Waals surface area contributed by atoms with Crippen LogP contribution in [0.1, 0.15) is 60.8 Å². The summed E-state index contributed by atoms with van der Waals surface area (Å²) in [6.45, 7) is 9.56. The van der Waals surface area contributed by atoms with Crippen molar-refractivity contribution in [3.63, 3.8) is 0 Å². The zero-order valence-electron chi connectivity index (χ0n) is 48.7. The van der Waals surface area contributed by atoms with E-state index in [1.54, 1.807) is 0 Å². The summed E-state index contributed by atoms with van der Waals surface area (Å²) in [6.07, 6.45) is 1.87. The SMILES string of the molecule is C[Si](C)(CCCNC(=O)CCC[NH+](CCCS(=O)(=O)O)CCCS(=O)(=O)ON)O[Si-2]123(O[Si](C)(C)CCCNC(=O)COCC(=O)ON)n4c5c6ccccc6c4N=C4c6ccccc6C(=[N+]41)N=c1c4ccccc4c(n12)=NC1=[N+]3C(=N5)c2ccccc21. The number of nitrogens with two attached hydrogens (primary N) is 2. The van der Waals surface area contributed by atoms with E-state index >= 15 is 0 Å². The number of nitrogens with one attached hydrogen (secondary N) is 3. The molecule has 87 heavy (non-hydrogen) atoms. The van der Waals surface area contributed by atoms with Gasteiger partial charge in [-0.05, 0) is 0 Å². The molecule has 0 saturated heterocycles. The molecule has 6 aliphatic heterocycles. The van der Waals surface area contributed by atoms with Gasteiger partial charge in [0.15, 0.2) is 0 Å². The maximum absolute atomic E-state index is 13.8. The van der Waals surface area contributed by atoms with E-state index in [0.717, 1.165) is 48.7 Å². The van der Waals surface area contributed by atoms with Crippen molar-refractivity contribution < 1.29 is 71.2 Å². The number of carbonyl (C=O) groups excluding carboxylic acids is 3. The van der Waals surface area contributed by atoms with Crippen molar-refractivity contribution >= 4 is 119 Å². The molecule has 1 spiro atoms. The fraction of sp³-hybridized carbons (Fsp3) is 0.375. The number of hydrogen-bond donors (Lipinski definition) is 6. The molecule has 12 rings (SSSR count). The van der Waals surface area contributed by atoms with Crippen molar-refractivity contribution in [1.29, 1.82) is 0 Å². The van der Waals surface area contributed by atoms with Crippen molar-refractivity contribution in [2.24, 2.45) is 31.8 Å². The van der Waals surface area contributed by atoms with E-state index in [-0.39, 0.29) is 44.1 Å². The van der Waals surface area contributed by atoms with Crippen LogP contribution in [-0.4, -0.2) is 161 Å². The van der Waals surface area contributed by atoms with Crippen molar-refractivity contribution in [3.05, 3.63) is 130 Å². The van der Waals surface area contributed by atoms with Gasteiger partial charge >= 0.3 is 424 Å². The monoisotopic (exact) mass is 1280 g/mol.